The molecule has 0 radical (unpaired) electrons. The Hall–Kier alpha value is -2.57. The van der Waals surface area contributed by atoms with E-state index in [0.29, 0.717) is 36.6 Å². The molecule has 2 aliphatic rings. The second kappa shape index (κ2) is 6.22. The number of benzene rings is 1. The number of hydrogen-bond acceptors (Lipinski definition) is 4. The second-order valence-electron chi connectivity index (χ2n) is 7.30. The Morgan fingerprint density at radius 3 is 2.68 bits per heavy atom. The molecule has 0 atom stereocenters. The van der Waals surface area contributed by atoms with Gasteiger partial charge in [0.05, 0.1) is 27.8 Å². The highest BCUT2D eigenvalue weighted by atomic mass is 35.5. The average molecular weight is 398 g/mol. The Balaban J connectivity index is 1.80. The lowest BCUT2D eigenvalue weighted by Gasteiger charge is -2.32. The molecule has 28 heavy (non-hydrogen) atoms. The van der Waals surface area contributed by atoms with Crippen LogP contribution in [0.2, 0.25) is 5.02 Å². The number of ether oxygens (including phenoxy) is 1. The number of anilines is 1. The highest BCUT2D eigenvalue weighted by Crippen LogP contribution is 2.50. The molecular weight excluding hydrogens is 381 g/mol. The average Bonchev–Trinajstić information content (AvgIpc) is 2.91. The van der Waals surface area contributed by atoms with Gasteiger partial charge in [0.25, 0.3) is 0 Å². The van der Waals surface area contributed by atoms with Gasteiger partial charge in [-0.1, -0.05) is 11.6 Å². The Kier molecular flexibility index (Phi) is 3.89. The van der Waals surface area contributed by atoms with E-state index < -0.39 is 11.4 Å². The van der Waals surface area contributed by atoms with Crippen LogP contribution in [0.4, 0.5) is 10.1 Å². The molecule has 1 aromatic carbocycles. The molecule has 0 N–H and O–H groups in total. The second-order valence-corrected chi connectivity index (χ2v) is 7.70. The summed E-state index contributed by atoms with van der Waals surface area (Å²) in [6, 6.07) is 6.70. The number of halogens is 2. The number of aromatic nitrogens is 2. The van der Waals surface area contributed by atoms with Crippen LogP contribution in [0.3, 0.4) is 0 Å². The van der Waals surface area contributed by atoms with Gasteiger partial charge in [0.15, 0.2) is 0 Å². The summed E-state index contributed by atoms with van der Waals surface area (Å²) in [5.74, 6) is -0.461. The molecule has 4 heterocycles. The number of hydrogen-bond donors (Lipinski definition) is 0. The van der Waals surface area contributed by atoms with E-state index in [1.807, 2.05) is 6.07 Å². The fourth-order valence-electron chi connectivity index (χ4n) is 4.44. The molecule has 1 spiro atoms. The molecule has 7 heteroatoms. The summed E-state index contributed by atoms with van der Waals surface area (Å²) in [5, 5.41) is 1.40. The third kappa shape index (κ3) is 2.38. The summed E-state index contributed by atoms with van der Waals surface area (Å²) < 4.78 is 18.8. The van der Waals surface area contributed by atoms with Crippen LogP contribution in [0.15, 0.2) is 36.7 Å². The summed E-state index contributed by atoms with van der Waals surface area (Å²) in [5.41, 5.74) is 3.39. The molecule has 2 aliphatic heterocycles. The van der Waals surface area contributed by atoms with E-state index in [4.69, 9.17) is 16.3 Å². The van der Waals surface area contributed by atoms with Gasteiger partial charge in [0.2, 0.25) is 11.9 Å². The Morgan fingerprint density at radius 1 is 1.18 bits per heavy atom. The van der Waals surface area contributed by atoms with Crippen molar-refractivity contribution in [3.05, 3.63) is 53.2 Å². The highest BCUT2D eigenvalue weighted by molar-refractivity contribution is 6.34. The number of carbonyl (C=O) groups excluding carboxylic acids is 1. The van der Waals surface area contributed by atoms with Gasteiger partial charge in [-0.2, -0.15) is 4.39 Å². The zero-order valence-electron chi connectivity index (χ0n) is 15.2. The van der Waals surface area contributed by atoms with E-state index in [9.17, 15) is 9.18 Å². The van der Waals surface area contributed by atoms with E-state index in [0.717, 1.165) is 27.7 Å². The minimum atomic E-state index is -0.602. The molecule has 3 aromatic rings. The highest BCUT2D eigenvalue weighted by Gasteiger charge is 2.51. The van der Waals surface area contributed by atoms with Gasteiger partial charge in [-0.15, -0.1) is 0 Å². The lowest BCUT2D eigenvalue weighted by Crippen LogP contribution is -2.43. The normalized spacial score (nSPS) is 18.1. The van der Waals surface area contributed by atoms with Crippen LogP contribution in [0.5, 0.6) is 0 Å². The van der Waals surface area contributed by atoms with Crippen molar-refractivity contribution in [3.63, 3.8) is 0 Å². The van der Waals surface area contributed by atoms with Crippen molar-refractivity contribution in [1.82, 2.24) is 9.97 Å². The van der Waals surface area contributed by atoms with Crippen molar-refractivity contribution in [2.24, 2.45) is 0 Å². The van der Waals surface area contributed by atoms with Crippen molar-refractivity contribution in [1.29, 1.82) is 0 Å². The first-order chi connectivity index (χ1) is 13.5. The minimum absolute atomic E-state index is 0.0834. The monoisotopic (exact) mass is 397 g/mol. The van der Waals surface area contributed by atoms with Crippen LogP contribution in [0.25, 0.3) is 22.0 Å². The van der Waals surface area contributed by atoms with Gasteiger partial charge in [0, 0.05) is 48.5 Å². The quantitative estimate of drug-likeness (QED) is 0.580. The van der Waals surface area contributed by atoms with Crippen molar-refractivity contribution in [2.75, 3.05) is 25.2 Å². The molecule has 1 saturated heterocycles. The van der Waals surface area contributed by atoms with Crippen LogP contribution in [-0.4, -0.2) is 36.1 Å². The zero-order valence-corrected chi connectivity index (χ0v) is 16.0. The first-order valence-corrected chi connectivity index (χ1v) is 9.50. The molecular formula is C21H17ClFN3O2. The first kappa shape index (κ1) is 17.5. The van der Waals surface area contributed by atoms with E-state index >= 15 is 0 Å². The van der Waals surface area contributed by atoms with Crippen LogP contribution in [-0.2, 0) is 14.9 Å². The topological polar surface area (TPSA) is 55.3 Å². The van der Waals surface area contributed by atoms with Crippen molar-refractivity contribution in [2.45, 2.75) is 18.3 Å². The van der Waals surface area contributed by atoms with Crippen LogP contribution < -0.4 is 4.90 Å². The van der Waals surface area contributed by atoms with Crippen LogP contribution in [0.1, 0.15) is 18.4 Å². The fraction of sp³-hybridized carbons (Fsp3) is 0.286. The van der Waals surface area contributed by atoms with Gasteiger partial charge in [0.1, 0.15) is 0 Å². The number of fused-ring (bicyclic) bond motifs is 4. The standard InChI is InChI=1S/C21H17ClFN3O2/c1-26-17-11-24-16-9-15(22)13(12-2-3-18(23)25-10-12)8-14(16)19(17)21(20(26)27)4-6-28-7-5-21/h2-3,8-11H,4-7H2,1H3. The Labute approximate surface area is 166 Å². The largest absolute Gasteiger partial charge is 0.381 e. The van der Waals surface area contributed by atoms with E-state index in [-0.39, 0.29) is 5.91 Å². The maximum absolute atomic E-state index is 13.3. The fourth-order valence-corrected chi connectivity index (χ4v) is 4.70. The van der Waals surface area contributed by atoms with E-state index in [1.165, 1.54) is 12.3 Å². The maximum atomic E-state index is 13.3. The molecule has 0 unspecified atom stereocenters. The van der Waals surface area contributed by atoms with Crippen LogP contribution >= 0.6 is 11.6 Å². The summed E-state index contributed by atoms with van der Waals surface area (Å²) in [7, 11) is 1.79. The lowest BCUT2D eigenvalue weighted by molar-refractivity contribution is -0.126. The molecule has 0 saturated carbocycles. The minimum Gasteiger partial charge on any atom is -0.381 e. The maximum Gasteiger partial charge on any atom is 0.237 e. The van der Waals surface area contributed by atoms with Gasteiger partial charge in [-0.25, -0.2) is 4.98 Å². The smallest absolute Gasteiger partial charge is 0.237 e. The molecule has 0 aliphatic carbocycles. The van der Waals surface area contributed by atoms with Crippen LogP contribution in [0, 0.1) is 5.95 Å². The predicted molar refractivity (Wildman–Crippen MR) is 105 cm³/mol. The SMILES string of the molecule is CN1C(=O)C2(CCOCC2)c2c1cnc1cc(Cl)c(-c3ccc(F)nc3)cc21. The number of rotatable bonds is 1. The zero-order chi connectivity index (χ0) is 19.5. The summed E-state index contributed by atoms with van der Waals surface area (Å²) in [6.07, 6.45) is 4.48. The Bertz CT molecular complexity index is 1110. The molecule has 5 nitrogen and oxygen atoms in total. The summed E-state index contributed by atoms with van der Waals surface area (Å²) in [6.45, 7) is 1.09. The number of pyridine rings is 2. The summed E-state index contributed by atoms with van der Waals surface area (Å²) in [4.78, 5) is 23.2. The van der Waals surface area contributed by atoms with Crippen molar-refractivity contribution < 1.29 is 13.9 Å². The van der Waals surface area contributed by atoms with Crippen molar-refractivity contribution in [3.8, 4) is 11.1 Å². The molecule has 142 valence electrons. The third-order valence-electron chi connectivity index (χ3n) is 5.88. The number of carbonyl (C=O) groups is 1. The summed E-state index contributed by atoms with van der Waals surface area (Å²) >= 11 is 6.50. The Morgan fingerprint density at radius 2 is 1.96 bits per heavy atom. The van der Waals surface area contributed by atoms with Gasteiger partial charge < -0.3 is 9.64 Å². The van der Waals surface area contributed by atoms with Gasteiger partial charge >= 0.3 is 0 Å². The third-order valence-corrected chi connectivity index (χ3v) is 6.19. The number of nitrogens with zero attached hydrogens (tertiary/aromatic N) is 3. The molecule has 0 bridgehead atoms. The number of likely N-dealkylation sites (N-methyl/N-ethyl adjacent to an activating group) is 1. The number of amides is 1. The molecule has 2 aromatic heterocycles. The van der Waals surface area contributed by atoms with E-state index in [1.54, 1.807) is 30.3 Å². The van der Waals surface area contributed by atoms with Gasteiger partial charge in [-0.3, -0.25) is 9.78 Å². The molecule has 1 amide bonds. The van der Waals surface area contributed by atoms with Gasteiger partial charge in [-0.05, 0) is 37.1 Å². The first-order valence-electron chi connectivity index (χ1n) is 9.12. The molecule has 5 rings (SSSR count). The molecule has 1 fully saturated rings. The predicted octanol–water partition coefficient (Wildman–Crippen LogP) is 4.11. The van der Waals surface area contributed by atoms with E-state index in [2.05, 4.69) is 9.97 Å². The van der Waals surface area contributed by atoms with Crippen molar-refractivity contribution >= 4 is 34.1 Å². The lowest BCUT2D eigenvalue weighted by atomic mass is 9.74.